The molecule has 0 radical (unpaired) electrons. The summed E-state index contributed by atoms with van der Waals surface area (Å²) in [5, 5.41) is 7.66. The van der Waals surface area contributed by atoms with Crippen LogP contribution in [0.2, 0.25) is 0 Å². The molecule has 17 heavy (non-hydrogen) atoms. The van der Waals surface area contributed by atoms with Gasteiger partial charge >= 0.3 is 0 Å². The van der Waals surface area contributed by atoms with E-state index in [4.69, 9.17) is 0 Å². The van der Waals surface area contributed by atoms with Crippen molar-refractivity contribution in [3.05, 3.63) is 35.9 Å². The maximum absolute atomic E-state index is 13.8. The van der Waals surface area contributed by atoms with E-state index in [0.717, 1.165) is 5.56 Å². The van der Waals surface area contributed by atoms with E-state index in [1.54, 1.807) is 17.8 Å². The lowest BCUT2D eigenvalue weighted by molar-refractivity contribution is 0.592. The predicted octanol–water partition coefficient (Wildman–Crippen LogP) is 1.82. The third-order valence-electron chi connectivity index (χ3n) is 2.28. The first kappa shape index (κ1) is 12.1. The number of nitrogens with one attached hydrogen (secondary N) is 1. The number of rotatable bonds is 4. The van der Waals surface area contributed by atoms with E-state index in [9.17, 15) is 4.39 Å². The first-order valence-electron chi connectivity index (χ1n) is 5.16. The summed E-state index contributed by atoms with van der Waals surface area (Å²) in [4.78, 5) is 4.68. The van der Waals surface area contributed by atoms with E-state index in [0.29, 0.717) is 16.6 Å². The lowest BCUT2D eigenvalue weighted by atomic mass is 10.2. The van der Waals surface area contributed by atoms with Crippen molar-refractivity contribution in [2.45, 2.75) is 16.6 Å². The van der Waals surface area contributed by atoms with Crippen LogP contribution >= 0.6 is 11.8 Å². The van der Waals surface area contributed by atoms with Gasteiger partial charge in [-0.25, -0.2) is 14.1 Å². The predicted molar refractivity (Wildman–Crippen MR) is 64.3 cm³/mol. The number of nitrogens with zero attached hydrogens (tertiary/aromatic N) is 3. The highest BCUT2D eigenvalue weighted by molar-refractivity contribution is 7.99. The van der Waals surface area contributed by atoms with E-state index in [1.165, 1.54) is 24.2 Å². The quantitative estimate of drug-likeness (QED) is 0.901. The number of benzene rings is 1. The second kappa shape index (κ2) is 5.29. The van der Waals surface area contributed by atoms with Gasteiger partial charge in [-0.1, -0.05) is 12.1 Å². The zero-order valence-electron chi connectivity index (χ0n) is 9.64. The summed E-state index contributed by atoms with van der Waals surface area (Å²) < 4.78 is 15.4. The Hall–Kier alpha value is -1.40. The van der Waals surface area contributed by atoms with Crippen molar-refractivity contribution in [3.8, 4) is 0 Å². The SMILES string of the molecule is CNCc1cccc(F)c1Sc1ncnn1C. The Balaban J connectivity index is 2.34. The van der Waals surface area contributed by atoms with Crippen molar-refractivity contribution >= 4 is 11.8 Å². The minimum atomic E-state index is -0.231. The molecule has 6 heteroatoms. The smallest absolute Gasteiger partial charge is 0.190 e. The molecular formula is C11H13FN4S. The van der Waals surface area contributed by atoms with E-state index >= 15 is 0 Å². The van der Waals surface area contributed by atoms with Crippen molar-refractivity contribution in [1.82, 2.24) is 20.1 Å². The maximum Gasteiger partial charge on any atom is 0.190 e. The maximum atomic E-state index is 13.8. The highest BCUT2D eigenvalue weighted by Crippen LogP contribution is 2.30. The van der Waals surface area contributed by atoms with Crippen molar-refractivity contribution in [2.24, 2.45) is 7.05 Å². The molecule has 0 fully saturated rings. The normalized spacial score (nSPS) is 10.8. The molecule has 4 nitrogen and oxygen atoms in total. The molecule has 1 heterocycles. The fourth-order valence-corrected chi connectivity index (χ4v) is 2.37. The van der Waals surface area contributed by atoms with Gasteiger partial charge in [0.1, 0.15) is 12.1 Å². The molecule has 0 saturated carbocycles. The largest absolute Gasteiger partial charge is 0.316 e. The van der Waals surface area contributed by atoms with Gasteiger partial charge in [0.2, 0.25) is 0 Å². The molecule has 90 valence electrons. The molecule has 0 atom stereocenters. The molecule has 2 aromatic rings. The number of aryl methyl sites for hydroxylation is 1. The van der Waals surface area contributed by atoms with E-state index in [2.05, 4.69) is 15.4 Å². The Morgan fingerprint density at radius 1 is 1.47 bits per heavy atom. The van der Waals surface area contributed by atoms with Gasteiger partial charge in [-0.15, -0.1) is 0 Å². The molecule has 0 spiro atoms. The van der Waals surface area contributed by atoms with Crippen molar-refractivity contribution in [1.29, 1.82) is 0 Å². The van der Waals surface area contributed by atoms with Gasteiger partial charge < -0.3 is 5.32 Å². The molecule has 1 N–H and O–H groups in total. The Bertz CT molecular complexity index is 512. The second-order valence-electron chi connectivity index (χ2n) is 3.53. The zero-order chi connectivity index (χ0) is 12.3. The van der Waals surface area contributed by atoms with Crippen LogP contribution in [-0.2, 0) is 13.6 Å². The third kappa shape index (κ3) is 2.65. The van der Waals surface area contributed by atoms with Crippen LogP contribution in [0.1, 0.15) is 5.56 Å². The highest BCUT2D eigenvalue weighted by Gasteiger charge is 2.12. The number of halogens is 1. The van der Waals surface area contributed by atoms with Crippen LogP contribution in [-0.4, -0.2) is 21.8 Å². The topological polar surface area (TPSA) is 42.7 Å². The number of hydrogen-bond acceptors (Lipinski definition) is 4. The van der Waals surface area contributed by atoms with Crippen LogP contribution < -0.4 is 5.32 Å². The summed E-state index contributed by atoms with van der Waals surface area (Å²) in [5.41, 5.74) is 0.917. The summed E-state index contributed by atoms with van der Waals surface area (Å²) in [7, 11) is 3.62. The van der Waals surface area contributed by atoms with Gasteiger partial charge in [0, 0.05) is 13.6 Å². The van der Waals surface area contributed by atoms with Gasteiger partial charge in [0.15, 0.2) is 5.16 Å². The molecule has 0 saturated heterocycles. The van der Waals surface area contributed by atoms with E-state index in [-0.39, 0.29) is 5.82 Å². The standard InChI is InChI=1S/C11H13FN4S/c1-13-6-8-4-3-5-9(12)10(8)17-11-14-7-15-16(11)2/h3-5,7,13H,6H2,1-2H3. The molecule has 0 aliphatic rings. The van der Waals surface area contributed by atoms with Gasteiger partial charge in [0.25, 0.3) is 0 Å². The van der Waals surface area contributed by atoms with Crippen LogP contribution in [0, 0.1) is 5.82 Å². The lowest BCUT2D eigenvalue weighted by Gasteiger charge is -2.09. The van der Waals surface area contributed by atoms with Crippen LogP contribution in [0.3, 0.4) is 0 Å². The van der Waals surface area contributed by atoms with Crippen LogP contribution in [0.5, 0.6) is 0 Å². The summed E-state index contributed by atoms with van der Waals surface area (Å²) >= 11 is 1.29. The van der Waals surface area contributed by atoms with Crippen LogP contribution in [0.25, 0.3) is 0 Å². The van der Waals surface area contributed by atoms with Crippen LogP contribution in [0.15, 0.2) is 34.6 Å². The Morgan fingerprint density at radius 2 is 2.29 bits per heavy atom. The zero-order valence-corrected chi connectivity index (χ0v) is 10.5. The summed E-state index contributed by atoms with van der Waals surface area (Å²) in [6, 6.07) is 5.07. The molecule has 0 bridgehead atoms. The molecule has 0 unspecified atom stereocenters. The monoisotopic (exact) mass is 252 g/mol. The second-order valence-corrected chi connectivity index (χ2v) is 4.50. The molecule has 2 rings (SSSR count). The van der Waals surface area contributed by atoms with Crippen molar-refractivity contribution in [3.63, 3.8) is 0 Å². The number of hydrogen-bond donors (Lipinski definition) is 1. The first-order chi connectivity index (χ1) is 8.22. The van der Waals surface area contributed by atoms with E-state index in [1.807, 2.05) is 13.1 Å². The Morgan fingerprint density at radius 3 is 2.94 bits per heavy atom. The molecule has 0 amide bonds. The fourth-order valence-electron chi connectivity index (χ4n) is 1.47. The van der Waals surface area contributed by atoms with Gasteiger partial charge in [-0.3, -0.25) is 0 Å². The molecule has 1 aromatic carbocycles. The fraction of sp³-hybridized carbons (Fsp3) is 0.273. The number of aromatic nitrogens is 3. The van der Waals surface area contributed by atoms with Gasteiger partial charge in [0.05, 0.1) is 4.90 Å². The average molecular weight is 252 g/mol. The average Bonchev–Trinajstić information content (AvgIpc) is 2.70. The molecule has 0 aliphatic heterocycles. The van der Waals surface area contributed by atoms with Crippen molar-refractivity contribution in [2.75, 3.05) is 7.05 Å². The summed E-state index contributed by atoms with van der Waals surface area (Å²) in [5.74, 6) is -0.231. The first-order valence-corrected chi connectivity index (χ1v) is 5.98. The summed E-state index contributed by atoms with van der Waals surface area (Å²) in [6.07, 6.45) is 1.46. The Labute approximate surface area is 103 Å². The van der Waals surface area contributed by atoms with Gasteiger partial charge in [-0.2, -0.15) is 5.10 Å². The van der Waals surface area contributed by atoms with Crippen LogP contribution in [0.4, 0.5) is 4.39 Å². The molecular weight excluding hydrogens is 239 g/mol. The minimum Gasteiger partial charge on any atom is -0.316 e. The van der Waals surface area contributed by atoms with E-state index < -0.39 is 0 Å². The third-order valence-corrected chi connectivity index (χ3v) is 3.49. The minimum absolute atomic E-state index is 0.231. The van der Waals surface area contributed by atoms with Gasteiger partial charge in [-0.05, 0) is 30.4 Å². The lowest BCUT2D eigenvalue weighted by Crippen LogP contribution is -2.07. The highest BCUT2D eigenvalue weighted by atomic mass is 32.2. The summed E-state index contributed by atoms with van der Waals surface area (Å²) in [6.45, 7) is 0.623. The molecule has 1 aromatic heterocycles. The molecule has 0 aliphatic carbocycles. The Kier molecular flexibility index (Phi) is 3.75. The van der Waals surface area contributed by atoms with Crippen molar-refractivity contribution < 1.29 is 4.39 Å².